The van der Waals surface area contributed by atoms with Crippen LogP contribution in [0.25, 0.3) is 6.08 Å². The second kappa shape index (κ2) is 10.7. The lowest BCUT2D eigenvalue weighted by molar-refractivity contribution is -0.384. The number of imide groups is 1. The third-order valence-corrected chi connectivity index (χ3v) is 5.34. The molecule has 0 spiro atoms. The second-order valence-corrected chi connectivity index (χ2v) is 7.74. The van der Waals surface area contributed by atoms with Gasteiger partial charge in [0.1, 0.15) is 23.0 Å². The van der Waals surface area contributed by atoms with Gasteiger partial charge in [-0.05, 0) is 42.5 Å². The summed E-state index contributed by atoms with van der Waals surface area (Å²) in [5.41, 5.74) is -0.416. The number of amides is 3. The van der Waals surface area contributed by atoms with Gasteiger partial charge in [-0.15, -0.1) is 0 Å². The summed E-state index contributed by atoms with van der Waals surface area (Å²) < 4.78 is 20.4. The number of ether oxygens (including phenoxy) is 3. The van der Waals surface area contributed by atoms with Crippen molar-refractivity contribution in [3.63, 3.8) is 0 Å². The van der Waals surface area contributed by atoms with Gasteiger partial charge < -0.3 is 23.9 Å². The van der Waals surface area contributed by atoms with E-state index in [2.05, 4.69) is 10.1 Å². The number of carbonyl (C=O) groups excluding carboxylic acids is 4. The van der Waals surface area contributed by atoms with Crippen LogP contribution in [0.2, 0.25) is 0 Å². The summed E-state index contributed by atoms with van der Waals surface area (Å²) in [6.45, 7) is -0.300. The third kappa shape index (κ3) is 5.36. The van der Waals surface area contributed by atoms with Gasteiger partial charge in [0, 0.05) is 17.7 Å². The van der Waals surface area contributed by atoms with Crippen LogP contribution in [0.3, 0.4) is 0 Å². The van der Waals surface area contributed by atoms with E-state index in [1.807, 2.05) is 0 Å². The number of furan rings is 1. The number of nitro groups is 1. The van der Waals surface area contributed by atoms with E-state index in [0.717, 1.165) is 23.1 Å². The average Bonchev–Trinajstić information content (AvgIpc) is 3.49. The molecule has 2 aromatic carbocycles. The molecule has 4 rings (SSSR count). The fraction of sp³-hybridized carbons (Fsp3) is 0.120. The molecule has 3 amide bonds. The predicted molar refractivity (Wildman–Crippen MR) is 128 cm³/mol. The van der Waals surface area contributed by atoms with E-state index in [4.69, 9.17) is 13.9 Å². The number of nitrogens with zero attached hydrogens (tertiary/aromatic N) is 2. The molecule has 0 atom stereocenters. The largest absolute Gasteiger partial charge is 0.497 e. The zero-order valence-corrected chi connectivity index (χ0v) is 20.0. The summed E-state index contributed by atoms with van der Waals surface area (Å²) in [6, 6.07) is 11.5. The van der Waals surface area contributed by atoms with Gasteiger partial charge in [-0.1, -0.05) is 6.07 Å². The van der Waals surface area contributed by atoms with Crippen molar-refractivity contribution < 1.29 is 42.7 Å². The Morgan fingerprint density at radius 3 is 2.58 bits per heavy atom. The molecular weight excluding hydrogens is 502 g/mol. The normalized spacial score (nSPS) is 13.8. The fourth-order valence-corrected chi connectivity index (χ4v) is 3.46. The number of benzene rings is 2. The Hall–Kier alpha value is -5.46. The number of esters is 2. The first-order valence-electron chi connectivity index (χ1n) is 10.9. The molecule has 38 heavy (non-hydrogen) atoms. The minimum Gasteiger partial charge on any atom is -0.497 e. The molecule has 3 aromatic rings. The molecule has 0 radical (unpaired) electrons. The number of rotatable bonds is 8. The van der Waals surface area contributed by atoms with Gasteiger partial charge in [0.15, 0.2) is 0 Å². The van der Waals surface area contributed by atoms with Crippen molar-refractivity contribution in [2.24, 2.45) is 0 Å². The first-order valence-corrected chi connectivity index (χ1v) is 10.9. The van der Waals surface area contributed by atoms with Crippen LogP contribution in [-0.4, -0.2) is 47.9 Å². The van der Waals surface area contributed by atoms with Gasteiger partial charge in [-0.2, -0.15) is 0 Å². The smallest absolute Gasteiger partial charge is 0.373 e. The first-order chi connectivity index (χ1) is 18.2. The van der Waals surface area contributed by atoms with Crippen LogP contribution in [0.4, 0.5) is 10.5 Å². The maximum atomic E-state index is 13.0. The van der Waals surface area contributed by atoms with Crippen LogP contribution in [-0.2, 0) is 16.1 Å². The molecule has 1 fully saturated rings. The molecule has 0 aliphatic carbocycles. The molecule has 13 heteroatoms. The van der Waals surface area contributed by atoms with E-state index in [9.17, 15) is 29.3 Å². The van der Waals surface area contributed by atoms with Gasteiger partial charge in [-0.3, -0.25) is 19.8 Å². The molecule has 1 saturated heterocycles. The summed E-state index contributed by atoms with van der Waals surface area (Å²) in [5, 5.41) is 13.7. The van der Waals surface area contributed by atoms with E-state index in [1.54, 1.807) is 12.1 Å². The van der Waals surface area contributed by atoms with E-state index in [0.29, 0.717) is 5.75 Å². The number of hydrogen-bond acceptors (Lipinski definition) is 10. The van der Waals surface area contributed by atoms with Gasteiger partial charge in [0.2, 0.25) is 5.76 Å². The highest BCUT2D eigenvalue weighted by Gasteiger charge is 2.35. The van der Waals surface area contributed by atoms with Crippen LogP contribution >= 0.6 is 0 Å². The van der Waals surface area contributed by atoms with Gasteiger partial charge >= 0.3 is 18.0 Å². The maximum Gasteiger partial charge on any atom is 0.373 e. The van der Waals surface area contributed by atoms with Crippen molar-refractivity contribution in [1.29, 1.82) is 0 Å². The summed E-state index contributed by atoms with van der Waals surface area (Å²) in [4.78, 5) is 61.2. The molecule has 13 nitrogen and oxygen atoms in total. The molecular formula is C25H19N3O10. The molecule has 1 N–H and O–H groups in total. The number of urea groups is 1. The summed E-state index contributed by atoms with van der Waals surface area (Å²) >= 11 is 0. The van der Waals surface area contributed by atoms with Crippen molar-refractivity contribution in [3.8, 4) is 11.5 Å². The summed E-state index contributed by atoms with van der Waals surface area (Å²) in [7, 11) is 2.61. The Balaban J connectivity index is 1.61. The monoisotopic (exact) mass is 521 g/mol. The third-order valence-electron chi connectivity index (χ3n) is 5.34. The number of carbonyl (C=O) groups is 4. The Labute approximate surface area is 214 Å². The van der Waals surface area contributed by atoms with E-state index >= 15 is 0 Å². The van der Waals surface area contributed by atoms with Gasteiger partial charge in [-0.25, -0.2) is 14.4 Å². The zero-order chi connectivity index (χ0) is 27.4. The lowest BCUT2D eigenvalue weighted by Gasteiger charge is -2.10. The Kier molecular flexibility index (Phi) is 7.19. The fourth-order valence-electron chi connectivity index (χ4n) is 3.46. The Morgan fingerprint density at radius 1 is 1.08 bits per heavy atom. The minimum absolute atomic E-state index is 0.00748. The van der Waals surface area contributed by atoms with Crippen LogP contribution in [0.5, 0.6) is 11.5 Å². The number of hydrogen-bond donors (Lipinski definition) is 1. The number of nitrogens with one attached hydrogen (secondary N) is 1. The topological polar surface area (TPSA) is 168 Å². The summed E-state index contributed by atoms with van der Waals surface area (Å²) in [5.74, 6) is -1.92. The zero-order valence-electron chi connectivity index (χ0n) is 20.0. The lowest BCUT2D eigenvalue weighted by atomic mass is 10.1. The van der Waals surface area contributed by atoms with E-state index in [1.165, 1.54) is 44.6 Å². The van der Waals surface area contributed by atoms with Crippen molar-refractivity contribution in [3.05, 3.63) is 93.1 Å². The predicted octanol–water partition coefficient (Wildman–Crippen LogP) is 3.30. The Bertz CT molecular complexity index is 1490. The van der Waals surface area contributed by atoms with Crippen molar-refractivity contribution in [2.45, 2.75) is 6.54 Å². The summed E-state index contributed by atoms with van der Waals surface area (Å²) in [6.07, 6.45) is 1.16. The van der Waals surface area contributed by atoms with Gasteiger partial charge in [0.25, 0.3) is 11.6 Å². The molecule has 0 unspecified atom stereocenters. The molecule has 1 aliphatic rings. The molecule has 1 aliphatic heterocycles. The first kappa shape index (κ1) is 25.6. The Morgan fingerprint density at radius 2 is 1.87 bits per heavy atom. The maximum absolute atomic E-state index is 13.0. The molecule has 194 valence electrons. The highest BCUT2D eigenvalue weighted by molar-refractivity contribution is 6.14. The van der Waals surface area contributed by atoms with E-state index < -0.39 is 28.8 Å². The number of nitro benzene ring substituents is 1. The van der Waals surface area contributed by atoms with Crippen molar-refractivity contribution in [2.75, 3.05) is 14.2 Å². The van der Waals surface area contributed by atoms with Crippen molar-refractivity contribution in [1.82, 2.24) is 10.2 Å². The van der Waals surface area contributed by atoms with Crippen LogP contribution < -0.4 is 14.8 Å². The molecule has 1 aromatic heterocycles. The van der Waals surface area contributed by atoms with Gasteiger partial charge in [0.05, 0.1) is 31.3 Å². The molecule has 2 heterocycles. The highest BCUT2D eigenvalue weighted by Crippen LogP contribution is 2.29. The molecule has 0 saturated carbocycles. The average molecular weight is 521 g/mol. The minimum atomic E-state index is -0.794. The van der Waals surface area contributed by atoms with Crippen LogP contribution in [0.15, 0.2) is 64.7 Å². The van der Waals surface area contributed by atoms with Crippen molar-refractivity contribution >= 4 is 35.6 Å². The number of non-ortho nitro benzene ring substituents is 1. The second-order valence-electron chi connectivity index (χ2n) is 7.74. The quantitative estimate of drug-likeness (QED) is 0.116. The highest BCUT2D eigenvalue weighted by atomic mass is 16.6. The molecule has 0 bridgehead atoms. The SMILES string of the molecule is COC(=O)c1ccc(CN2C(=O)N/C(=C\c3cc([N+](=O)[O-])ccc3OC(=O)c3cccc(OC)c3)C2=O)o1. The van der Waals surface area contributed by atoms with Crippen LogP contribution in [0, 0.1) is 10.1 Å². The standard InChI is InChI=1S/C25H19N3O10/c1-35-17-5-3-4-14(11-17)23(30)38-20-8-6-16(28(33)34)10-15(20)12-19-22(29)27(25(32)26-19)13-18-7-9-21(37-18)24(31)36-2/h3-12H,13H2,1-2H3,(H,26,32)/b19-12-. The lowest BCUT2D eigenvalue weighted by Crippen LogP contribution is -2.30. The van der Waals surface area contributed by atoms with E-state index in [-0.39, 0.29) is 46.3 Å². The number of methoxy groups -OCH3 is 2. The van der Waals surface area contributed by atoms with Crippen LogP contribution in [0.1, 0.15) is 32.2 Å².